The van der Waals surface area contributed by atoms with E-state index in [4.69, 9.17) is 4.74 Å². The van der Waals surface area contributed by atoms with Gasteiger partial charge in [0, 0.05) is 25.1 Å². The Morgan fingerprint density at radius 3 is 2.84 bits per heavy atom. The van der Waals surface area contributed by atoms with Gasteiger partial charge in [0.25, 0.3) is 12.3 Å². The molecule has 5 rings (SSSR count). The molecule has 3 aromatic heterocycles. The van der Waals surface area contributed by atoms with Gasteiger partial charge >= 0.3 is 0 Å². The van der Waals surface area contributed by atoms with Gasteiger partial charge in [-0.05, 0) is 32.0 Å². The number of nitrogens with one attached hydrogen (secondary N) is 3. The maximum atomic E-state index is 13.7. The molecule has 3 aromatic rings. The molecule has 0 bridgehead atoms. The van der Waals surface area contributed by atoms with Crippen LogP contribution in [0.2, 0.25) is 0 Å². The molecule has 1 atom stereocenters. The predicted molar refractivity (Wildman–Crippen MR) is 111 cm³/mol. The standard InChI is InChI=1S/C20H24F2N8O2/c21-18(22)17-13(10-30(28-17)12-2-5-23-6-3-12)26-20(31)15-16(14-11-32-9-7-24-14)27-29-8-1-4-25-19(15)29/h1,4,8,10,12,14,18,23-24H,2-3,5-7,9,11H2,(H,26,31). The summed E-state index contributed by atoms with van der Waals surface area (Å²) in [6.45, 7) is 3.12. The van der Waals surface area contributed by atoms with Crippen LogP contribution in [-0.2, 0) is 4.74 Å². The molecule has 2 saturated heterocycles. The van der Waals surface area contributed by atoms with Crippen LogP contribution in [0, 0.1) is 0 Å². The molecule has 0 spiro atoms. The van der Waals surface area contributed by atoms with Crippen molar-refractivity contribution in [1.82, 2.24) is 35.0 Å². The molecule has 1 amide bonds. The van der Waals surface area contributed by atoms with Crippen LogP contribution < -0.4 is 16.0 Å². The smallest absolute Gasteiger partial charge is 0.284 e. The first-order chi connectivity index (χ1) is 15.6. The van der Waals surface area contributed by atoms with E-state index in [1.165, 1.54) is 10.7 Å². The van der Waals surface area contributed by atoms with Crippen LogP contribution in [0.25, 0.3) is 5.65 Å². The first-order valence-corrected chi connectivity index (χ1v) is 10.7. The van der Waals surface area contributed by atoms with Crippen molar-refractivity contribution in [1.29, 1.82) is 0 Å². The number of amides is 1. The van der Waals surface area contributed by atoms with Crippen LogP contribution in [0.4, 0.5) is 14.5 Å². The van der Waals surface area contributed by atoms with Gasteiger partial charge in [-0.3, -0.25) is 9.48 Å². The first-order valence-electron chi connectivity index (χ1n) is 10.7. The van der Waals surface area contributed by atoms with Gasteiger partial charge in [-0.15, -0.1) is 0 Å². The van der Waals surface area contributed by atoms with Crippen molar-refractivity contribution in [3.05, 3.63) is 41.6 Å². The number of ether oxygens (including phenoxy) is 1. The molecule has 10 nitrogen and oxygen atoms in total. The predicted octanol–water partition coefficient (Wildman–Crippen LogP) is 1.70. The lowest BCUT2D eigenvalue weighted by molar-refractivity contribution is 0.0750. The Kier molecular flexibility index (Phi) is 5.81. The fourth-order valence-electron chi connectivity index (χ4n) is 4.21. The van der Waals surface area contributed by atoms with Crippen LogP contribution in [-0.4, -0.2) is 63.1 Å². The van der Waals surface area contributed by atoms with E-state index < -0.39 is 18.0 Å². The number of halogens is 2. The highest BCUT2D eigenvalue weighted by Crippen LogP contribution is 2.30. The van der Waals surface area contributed by atoms with E-state index >= 15 is 0 Å². The van der Waals surface area contributed by atoms with Gasteiger partial charge in [0.15, 0.2) is 11.3 Å². The van der Waals surface area contributed by atoms with Gasteiger partial charge in [-0.25, -0.2) is 18.3 Å². The number of carbonyl (C=O) groups excluding carboxylic acids is 1. The minimum absolute atomic E-state index is 0.00221. The van der Waals surface area contributed by atoms with Crippen molar-refractivity contribution in [2.45, 2.75) is 31.4 Å². The minimum atomic E-state index is -2.82. The van der Waals surface area contributed by atoms with Gasteiger partial charge < -0.3 is 20.7 Å². The largest absolute Gasteiger partial charge is 0.378 e. The van der Waals surface area contributed by atoms with Crippen molar-refractivity contribution >= 4 is 17.2 Å². The third-order valence-electron chi connectivity index (χ3n) is 5.80. The number of rotatable bonds is 5. The Balaban J connectivity index is 1.49. The molecule has 3 N–H and O–H groups in total. The molecule has 32 heavy (non-hydrogen) atoms. The summed E-state index contributed by atoms with van der Waals surface area (Å²) in [5, 5.41) is 17.8. The Morgan fingerprint density at radius 1 is 1.25 bits per heavy atom. The summed E-state index contributed by atoms with van der Waals surface area (Å²) in [6, 6.07) is 1.41. The third kappa shape index (κ3) is 3.96. The van der Waals surface area contributed by atoms with E-state index in [0.29, 0.717) is 31.1 Å². The van der Waals surface area contributed by atoms with Crippen molar-refractivity contribution in [3.8, 4) is 0 Å². The summed E-state index contributed by atoms with van der Waals surface area (Å²) in [6.07, 6.45) is 3.49. The number of fused-ring (bicyclic) bond motifs is 1. The second-order valence-electron chi connectivity index (χ2n) is 7.87. The number of alkyl halides is 2. The molecular formula is C20H24F2N8O2. The van der Waals surface area contributed by atoms with Gasteiger partial charge in [0.2, 0.25) is 0 Å². The Labute approximate surface area is 182 Å². The van der Waals surface area contributed by atoms with Gasteiger partial charge in [0.05, 0.1) is 36.7 Å². The Bertz CT molecular complexity index is 1100. The zero-order chi connectivity index (χ0) is 22.1. The molecule has 5 heterocycles. The van der Waals surface area contributed by atoms with Gasteiger partial charge in [-0.2, -0.15) is 10.2 Å². The highest BCUT2D eigenvalue weighted by molar-refractivity contribution is 6.09. The second kappa shape index (κ2) is 8.88. The molecule has 12 heteroatoms. The SMILES string of the molecule is O=C(Nc1cn(C2CCNCC2)nc1C(F)F)c1c(C2COCCN2)nn2cccnc12. The van der Waals surface area contributed by atoms with E-state index in [1.54, 1.807) is 23.1 Å². The van der Waals surface area contributed by atoms with E-state index in [9.17, 15) is 13.6 Å². The van der Waals surface area contributed by atoms with Crippen molar-refractivity contribution in [3.63, 3.8) is 0 Å². The first kappa shape index (κ1) is 20.9. The number of anilines is 1. The van der Waals surface area contributed by atoms with E-state index in [1.807, 2.05) is 0 Å². The number of aromatic nitrogens is 5. The molecule has 170 valence electrons. The van der Waals surface area contributed by atoms with Crippen molar-refractivity contribution < 1.29 is 18.3 Å². The Hall–Kier alpha value is -2.96. The van der Waals surface area contributed by atoms with E-state index in [2.05, 4.69) is 31.1 Å². The summed E-state index contributed by atoms with van der Waals surface area (Å²) >= 11 is 0. The van der Waals surface area contributed by atoms with Crippen molar-refractivity contribution in [2.75, 3.05) is 38.2 Å². The number of nitrogens with zero attached hydrogens (tertiary/aromatic N) is 5. The Morgan fingerprint density at radius 2 is 2.09 bits per heavy atom. The molecule has 2 aliphatic rings. The lowest BCUT2D eigenvalue weighted by atomic mass is 10.1. The van der Waals surface area contributed by atoms with Gasteiger partial charge in [-0.1, -0.05) is 0 Å². The lowest BCUT2D eigenvalue weighted by Crippen LogP contribution is -2.36. The second-order valence-corrected chi connectivity index (χ2v) is 7.87. The van der Waals surface area contributed by atoms with E-state index in [-0.39, 0.29) is 23.3 Å². The summed E-state index contributed by atoms with van der Waals surface area (Å²) in [5.41, 5.74) is 0.588. The van der Waals surface area contributed by atoms with Crippen LogP contribution in [0.3, 0.4) is 0 Å². The highest BCUT2D eigenvalue weighted by atomic mass is 19.3. The van der Waals surface area contributed by atoms with Crippen LogP contribution in [0.15, 0.2) is 24.7 Å². The molecule has 0 aromatic carbocycles. The minimum Gasteiger partial charge on any atom is -0.378 e. The van der Waals surface area contributed by atoms with Crippen LogP contribution in [0.5, 0.6) is 0 Å². The fourth-order valence-corrected chi connectivity index (χ4v) is 4.21. The summed E-state index contributed by atoms with van der Waals surface area (Å²) in [4.78, 5) is 17.6. The van der Waals surface area contributed by atoms with E-state index in [0.717, 1.165) is 25.9 Å². The van der Waals surface area contributed by atoms with Crippen molar-refractivity contribution in [2.24, 2.45) is 0 Å². The quantitative estimate of drug-likeness (QED) is 0.547. The fraction of sp³-hybridized carbons (Fsp3) is 0.500. The third-order valence-corrected chi connectivity index (χ3v) is 5.80. The maximum absolute atomic E-state index is 13.7. The summed E-state index contributed by atoms with van der Waals surface area (Å²) < 4.78 is 36.0. The number of morpholine rings is 1. The summed E-state index contributed by atoms with van der Waals surface area (Å²) in [5.74, 6) is -0.562. The molecule has 2 aliphatic heterocycles. The highest BCUT2D eigenvalue weighted by Gasteiger charge is 2.30. The number of carbonyl (C=O) groups is 1. The molecule has 2 fully saturated rings. The molecule has 1 unspecified atom stereocenters. The monoisotopic (exact) mass is 446 g/mol. The zero-order valence-electron chi connectivity index (χ0n) is 17.3. The average molecular weight is 446 g/mol. The average Bonchev–Trinajstić information content (AvgIpc) is 3.42. The normalized spacial score (nSPS) is 20.2. The topological polar surface area (TPSA) is 110 Å². The molecule has 0 radical (unpaired) electrons. The zero-order valence-corrected chi connectivity index (χ0v) is 17.3. The lowest BCUT2D eigenvalue weighted by Gasteiger charge is -2.23. The number of hydrogen-bond acceptors (Lipinski definition) is 7. The molecular weight excluding hydrogens is 422 g/mol. The molecule has 0 aliphatic carbocycles. The molecule has 0 saturated carbocycles. The maximum Gasteiger partial charge on any atom is 0.284 e. The summed E-state index contributed by atoms with van der Waals surface area (Å²) in [7, 11) is 0. The number of hydrogen-bond donors (Lipinski definition) is 3. The van der Waals surface area contributed by atoms with Crippen LogP contribution >= 0.6 is 0 Å². The van der Waals surface area contributed by atoms with Gasteiger partial charge in [0.1, 0.15) is 5.56 Å². The van der Waals surface area contributed by atoms with Crippen LogP contribution in [0.1, 0.15) is 53.1 Å². The number of piperidine rings is 1.